The molecule has 10 heteroatoms. The van der Waals surface area contributed by atoms with Gasteiger partial charge in [-0.2, -0.15) is 5.53 Å². The van der Waals surface area contributed by atoms with Gasteiger partial charge in [0.1, 0.15) is 22.6 Å². The normalized spacial score (nSPS) is 13.6. The highest BCUT2D eigenvalue weighted by atomic mass is 32.2. The van der Waals surface area contributed by atoms with Crippen LogP contribution in [-0.4, -0.2) is 21.6 Å². The van der Waals surface area contributed by atoms with Crippen molar-refractivity contribution in [2.24, 2.45) is 22.0 Å². The third kappa shape index (κ3) is 5.76. The highest BCUT2D eigenvalue weighted by Crippen LogP contribution is 2.38. The van der Waals surface area contributed by atoms with E-state index in [1.165, 1.54) is 25.0 Å². The van der Waals surface area contributed by atoms with Crippen molar-refractivity contribution in [1.82, 2.24) is 9.97 Å². The number of hydrogen-bond acceptors (Lipinski definition) is 6. The summed E-state index contributed by atoms with van der Waals surface area (Å²) in [6, 6.07) is 11.2. The minimum absolute atomic E-state index is 0.164. The SMILES string of the molecule is NC(=NN=[NH2+])c1ccc(Nc2ncc(SCC3CC3)cc2Oc2ccc(F)cc2)nc1. The largest absolute Gasteiger partial charge is 0.453 e. The fraction of sp³-hybridized carbons (Fsp3) is 0.190. The van der Waals surface area contributed by atoms with Crippen LogP contribution in [0, 0.1) is 11.7 Å². The minimum atomic E-state index is -0.327. The molecule has 31 heavy (non-hydrogen) atoms. The van der Waals surface area contributed by atoms with Gasteiger partial charge in [0.2, 0.25) is 0 Å². The van der Waals surface area contributed by atoms with Gasteiger partial charge in [0.15, 0.2) is 11.6 Å². The molecule has 0 atom stereocenters. The van der Waals surface area contributed by atoms with Crippen LogP contribution in [0.5, 0.6) is 11.5 Å². The first kappa shape index (κ1) is 20.7. The van der Waals surface area contributed by atoms with E-state index < -0.39 is 0 Å². The van der Waals surface area contributed by atoms with Gasteiger partial charge in [0, 0.05) is 23.0 Å². The summed E-state index contributed by atoms with van der Waals surface area (Å²) in [4.78, 5) is 9.85. The number of benzene rings is 1. The molecular formula is C21H21FN7OS+. The molecule has 0 radical (unpaired) electrons. The number of rotatable bonds is 9. The van der Waals surface area contributed by atoms with Crippen LogP contribution in [-0.2, 0) is 0 Å². The van der Waals surface area contributed by atoms with Crippen LogP contribution in [0.2, 0.25) is 0 Å². The zero-order valence-corrected chi connectivity index (χ0v) is 17.3. The molecule has 1 aliphatic carbocycles. The zero-order valence-electron chi connectivity index (χ0n) is 16.5. The van der Waals surface area contributed by atoms with Gasteiger partial charge in [-0.1, -0.05) is 0 Å². The van der Waals surface area contributed by atoms with Crippen LogP contribution >= 0.6 is 11.8 Å². The number of pyridine rings is 2. The van der Waals surface area contributed by atoms with Gasteiger partial charge < -0.3 is 15.8 Å². The highest BCUT2D eigenvalue weighted by molar-refractivity contribution is 7.99. The quantitative estimate of drug-likeness (QED) is 0.154. The molecule has 0 aliphatic heterocycles. The van der Waals surface area contributed by atoms with E-state index >= 15 is 0 Å². The van der Waals surface area contributed by atoms with E-state index in [-0.39, 0.29) is 11.7 Å². The third-order valence-corrected chi connectivity index (χ3v) is 5.72. The van der Waals surface area contributed by atoms with Crippen LogP contribution < -0.4 is 21.3 Å². The van der Waals surface area contributed by atoms with Crippen LogP contribution in [0.4, 0.5) is 16.0 Å². The molecule has 0 amide bonds. The average Bonchev–Trinajstić information content (AvgIpc) is 3.61. The number of nitrogens with zero attached hydrogens (tertiary/aromatic N) is 4. The Morgan fingerprint density at radius 2 is 2.00 bits per heavy atom. The number of halogens is 1. The molecule has 1 saturated carbocycles. The molecule has 4 rings (SSSR count). The number of thioether (sulfide) groups is 1. The minimum Gasteiger partial charge on any atom is -0.453 e. The van der Waals surface area contributed by atoms with Crippen molar-refractivity contribution in [3.63, 3.8) is 0 Å². The Labute approximate surface area is 182 Å². The molecule has 2 aromatic heterocycles. The summed E-state index contributed by atoms with van der Waals surface area (Å²) in [5, 5.41) is 9.91. The van der Waals surface area contributed by atoms with Crippen molar-refractivity contribution in [1.29, 1.82) is 0 Å². The lowest BCUT2D eigenvalue weighted by Crippen LogP contribution is -2.24. The summed E-state index contributed by atoms with van der Waals surface area (Å²) in [7, 11) is 0. The smallest absolute Gasteiger partial charge is 0.275 e. The number of nitrogens with two attached hydrogens (primary N) is 2. The fourth-order valence-electron chi connectivity index (χ4n) is 2.67. The van der Waals surface area contributed by atoms with Gasteiger partial charge in [-0.25, -0.2) is 14.4 Å². The van der Waals surface area contributed by atoms with Crippen molar-refractivity contribution in [3.8, 4) is 11.5 Å². The second-order valence-electron chi connectivity index (χ2n) is 6.99. The zero-order chi connectivity index (χ0) is 21.6. The van der Waals surface area contributed by atoms with Crippen LogP contribution in [0.1, 0.15) is 18.4 Å². The first-order valence-electron chi connectivity index (χ1n) is 9.64. The molecule has 0 saturated heterocycles. The summed E-state index contributed by atoms with van der Waals surface area (Å²) in [6.45, 7) is 0. The first-order valence-corrected chi connectivity index (χ1v) is 10.6. The van der Waals surface area contributed by atoms with E-state index in [0.717, 1.165) is 16.6 Å². The van der Waals surface area contributed by atoms with Gasteiger partial charge in [-0.3, -0.25) is 0 Å². The predicted molar refractivity (Wildman–Crippen MR) is 117 cm³/mol. The Kier molecular flexibility index (Phi) is 6.37. The molecule has 1 aromatic carbocycles. The molecular weight excluding hydrogens is 417 g/mol. The monoisotopic (exact) mass is 438 g/mol. The van der Waals surface area contributed by atoms with Gasteiger partial charge in [-0.05, 0) is 61.2 Å². The molecule has 2 heterocycles. The maximum Gasteiger partial charge on any atom is 0.275 e. The van der Waals surface area contributed by atoms with Crippen LogP contribution in [0.25, 0.3) is 0 Å². The van der Waals surface area contributed by atoms with Crippen molar-refractivity contribution in [3.05, 3.63) is 66.2 Å². The molecule has 0 bridgehead atoms. The third-order valence-electron chi connectivity index (χ3n) is 4.52. The molecule has 0 unspecified atom stereocenters. The topological polar surface area (TPSA) is 123 Å². The van der Waals surface area contributed by atoms with Gasteiger partial charge in [0.25, 0.3) is 5.84 Å². The van der Waals surface area contributed by atoms with Crippen molar-refractivity contribution >= 4 is 29.2 Å². The molecule has 1 fully saturated rings. The maximum absolute atomic E-state index is 13.3. The van der Waals surface area contributed by atoms with E-state index in [1.807, 2.05) is 6.07 Å². The Bertz CT molecular complexity index is 1090. The van der Waals surface area contributed by atoms with E-state index in [4.69, 9.17) is 16.0 Å². The second kappa shape index (κ2) is 9.52. The Morgan fingerprint density at radius 3 is 2.68 bits per heavy atom. The Hall–Kier alpha value is -3.53. The second-order valence-corrected chi connectivity index (χ2v) is 8.08. The molecule has 158 valence electrons. The van der Waals surface area contributed by atoms with Gasteiger partial charge in [-0.15, -0.1) is 11.8 Å². The van der Waals surface area contributed by atoms with Crippen LogP contribution in [0.3, 0.4) is 0 Å². The summed E-state index contributed by atoms with van der Waals surface area (Å²) in [5.41, 5.74) is 11.4. The lowest BCUT2D eigenvalue weighted by molar-refractivity contribution is -0.221. The van der Waals surface area contributed by atoms with E-state index in [9.17, 15) is 4.39 Å². The fourth-order valence-corrected chi connectivity index (χ4v) is 3.75. The molecule has 1 aliphatic rings. The summed E-state index contributed by atoms with van der Waals surface area (Å²) in [5.74, 6) is 3.73. The molecule has 0 spiro atoms. The van der Waals surface area contributed by atoms with Crippen molar-refractivity contribution in [2.75, 3.05) is 11.1 Å². The van der Waals surface area contributed by atoms with Crippen molar-refractivity contribution in [2.45, 2.75) is 17.7 Å². The number of hydrogen-bond donors (Lipinski definition) is 3. The lowest BCUT2D eigenvalue weighted by atomic mass is 10.2. The van der Waals surface area contributed by atoms with Gasteiger partial charge in [0.05, 0.1) is 10.7 Å². The number of nitrogens with one attached hydrogen (secondary N) is 1. The lowest BCUT2D eigenvalue weighted by Gasteiger charge is -2.13. The Balaban J connectivity index is 1.56. The summed E-state index contributed by atoms with van der Waals surface area (Å²) < 4.78 is 19.2. The number of aromatic nitrogens is 2. The number of anilines is 2. The summed E-state index contributed by atoms with van der Waals surface area (Å²) >= 11 is 1.75. The molecule has 5 N–H and O–H groups in total. The van der Waals surface area contributed by atoms with E-state index in [1.54, 1.807) is 48.4 Å². The Morgan fingerprint density at radius 1 is 1.19 bits per heavy atom. The maximum atomic E-state index is 13.3. The van der Waals surface area contributed by atoms with Crippen LogP contribution in [0.15, 0.2) is 70.1 Å². The predicted octanol–water partition coefficient (Wildman–Crippen LogP) is 3.49. The highest BCUT2D eigenvalue weighted by Gasteiger charge is 2.21. The average molecular weight is 439 g/mol. The van der Waals surface area contributed by atoms with Gasteiger partial charge >= 0.3 is 0 Å². The van der Waals surface area contributed by atoms with E-state index in [0.29, 0.717) is 28.7 Å². The first-order chi connectivity index (χ1) is 15.1. The number of ether oxygens (including phenoxy) is 1. The van der Waals surface area contributed by atoms with E-state index in [2.05, 4.69) is 25.6 Å². The van der Waals surface area contributed by atoms with Crippen molar-refractivity contribution < 1.29 is 14.7 Å². The molecule has 3 aromatic rings. The summed E-state index contributed by atoms with van der Waals surface area (Å²) in [6.07, 6.45) is 5.92. The standard InChI is InChI=1S/C21H20FN7OS/c22-15-4-6-16(7-5-15)30-18-9-17(31-12-13-1-2-13)11-26-21(18)27-19-8-3-14(10-25-19)20(23)28-29-24/h3-11,13H,1-2,12H2,(H3,23,24,28)(H,25,26,27)/p+1. The number of amidine groups is 1. The molecule has 8 nitrogen and oxygen atoms in total.